The highest BCUT2D eigenvalue weighted by molar-refractivity contribution is 6.38. The molecule has 0 bridgehead atoms. The summed E-state index contributed by atoms with van der Waals surface area (Å²) in [5.74, 6) is 0. The van der Waals surface area contributed by atoms with Gasteiger partial charge in [-0.1, -0.05) is 176 Å². The number of aromatic nitrogens is 2. The summed E-state index contributed by atoms with van der Waals surface area (Å²) in [7, 11) is 0. The Morgan fingerprint density at radius 3 is 1.40 bits per heavy atom. The second kappa shape index (κ2) is 16.6. The van der Waals surface area contributed by atoms with E-state index in [2.05, 4.69) is 276 Å². The zero-order valence-corrected chi connectivity index (χ0v) is 41.0. The van der Waals surface area contributed by atoms with E-state index in [-0.39, 0.29) is 0 Å². The van der Waals surface area contributed by atoms with Gasteiger partial charge in [-0.05, 0) is 110 Å². The smallest absolute Gasteiger partial charge is 0.0634 e. The lowest BCUT2D eigenvalue weighted by atomic mass is 9.89. The number of anilines is 5. The van der Waals surface area contributed by atoms with Crippen LogP contribution in [0.1, 0.15) is 19.4 Å². The van der Waals surface area contributed by atoms with Crippen molar-refractivity contribution in [3.05, 3.63) is 260 Å². The number of rotatable bonds is 10. The molecule has 0 atom stereocenters. The molecule has 0 aliphatic rings. The van der Waals surface area contributed by atoms with Crippen LogP contribution in [0.25, 0.3) is 98.4 Å². The number of nitrogens with zero attached hydrogens (tertiary/aromatic N) is 4. The minimum atomic E-state index is 1.00. The minimum absolute atomic E-state index is 1.00. The molecular weight excluding hydrogens is 885 g/mol. The molecule has 0 fully saturated rings. The molecule has 10 aromatic carbocycles. The second-order valence-electron chi connectivity index (χ2n) is 19.4. The van der Waals surface area contributed by atoms with Crippen LogP contribution in [0.5, 0.6) is 0 Å². The second-order valence-corrected chi connectivity index (χ2v) is 19.4. The Labute approximate surface area is 424 Å². The van der Waals surface area contributed by atoms with Crippen molar-refractivity contribution in [2.75, 3.05) is 9.80 Å². The number of fused-ring (bicyclic) bond motifs is 12. The first-order valence-electron chi connectivity index (χ1n) is 25.3. The van der Waals surface area contributed by atoms with Crippen LogP contribution < -0.4 is 9.80 Å². The predicted octanol–water partition coefficient (Wildman–Crippen LogP) is 19.3. The zero-order valence-electron chi connectivity index (χ0n) is 41.0. The fourth-order valence-electron chi connectivity index (χ4n) is 12.1. The molecule has 0 saturated carbocycles. The summed E-state index contributed by atoms with van der Waals surface area (Å²) in [6.45, 7) is 10.8. The van der Waals surface area contributed by atoms with Crippen LogP contribution in [-0.2, 0) is 0 Å². The van der Waals surface area contributed by atoms with E-state index in [1.165, 1.54) is 104 Å². The largest absolute Gasteiger partial charge is 0.310 e. The number of hydrogen-bond acceptors (Lipinski definition) is 2. The monoisotopic (exact) mass is 934 g/mol. The average molecular weight is 935 g/mol. The fourth-order valence-corrected chi connectivity index (χ4v) is 12.1. The molecule has 4 heterocycles. The molecule has 0 spiro atoms. The molecule has 0 aliphatic carbocycles. The average Bonchev–Trinajstić information content (AvgIpc) is 4.17. The van der Waals surface area contributed by atoms with E-state index in [0.29, 0.717) is 0 Å². The van der Waals surface area contributed by atoms with Gasteiger partial charge in [0.1, 0.15) is 0 Å². The molecule has 4 aromatic heterocycles. The first kappa shape index (κ1) is 42.5. The van der Waals surface area contributed by atoms with Gasteiger partial charge in [-0.2, -0.15) is 0 Å². The van der Waals surface area contributed by atoms with Crippen molar-refractivity contribution >= 4 is 105 Å². The summed E-state index contributed by atoms with van der Waals surface area (Å²) in [6.07, 6.45) is 6.34. The van der Waals surface area contributed by atoms with Crippen molar-refractivity contribution in [3.63, 3.8) is 0 Å². The summed E-state index contributed by atoms with van der Waals surface area (Å²) >= 11 is 0. The topological polar surface area (TPSA) is 15.3 Å². The van der Waals surface area contributed by atoms with Crippen molar-refractivity contribution in [2.45, 2.75) is 20.8 Å². The van der Waals surface area contributed by atoms with Gasteiger partial charge in [0.15, 0.2) is 0 Å². The van der Waals surface area contributed by atoms with E-state index in [9.17, 15) is 0 Å². The summed E-state index contributed by atoms with van der Waals surface area (Å²) in [5.41, 5.74) is 20.9. The third kappa shape index (κ3) is 6.33. The molecule has 14 aromatic rings. The molecule has 0 amide bonds. The van der Waals surface area contributed by atoms with Crippen molar-refractivity contribution < 1.29 is 0 Å². The molecule has 346 valence electrons. The molecular formula is C69H50N4. The Hall–Kier alpha value is -9.38. The molecule has 73 heavy (non-hydrogen) atoms. The van der Waals surface area contributed by atoms with Gasteiger partial charge in [0.05, 0.1) is 33.1 Å². The van der Waals surface area contributed by atoms with Crippen molar-refractivity contribution in [2.24, 2.45) is 0 Å². The van der Waals surface area contributed by atoms with Gasteiger partial charge < -0.3 is 18.6 Å². The highest BCUT2D eigenvalue weighted by Gasteiger charge is 2.31. The molecule has 0 unspecified atom stereocenters. The van der Waals surface area contributed by atoms with E-state index < -0.39 is 0 Å². The van der Waals surface area contributed by atoms with Gasteiger partial charge in [-0.15, -0.1) is 0 Å². The van der Waals surface area contributed by atoms with Gasteiger partial charge in [-0.3, -0.25) is 0 Å². The van der Waals surface area contributed by atoms with Crippen molar-refractivity contribution in [3.8, 4) is 22.3 Å². The summed E-state index contributed by atoms with van der Waals surface area (Å²) in [5, 5.41) is 9.90. The molecule has 0 radical (unpaired) electrons. The molecule has 4 heteroatoms. The van der Waals surface area contributed by atoms with Crippen molar-refractivity contribution in [1.82, 2.24) is 8.80 Å². The number of aryl methyl sites for hydroxylation is 1. The normalized spacial score (nSPS) is 12.5. The summed E-state index contributed by atoms with van der Waals surface area (Å²) in [6, 6.07) is 80.5. The van der Waals surface area contributed by atoms with E-state index in [1.54, 1.807) is 0 Å². The zero-order chi connectivity index (χ0) is 48.9. The molecule has 0 N–H and O–H groups in total. The Kier molecular flexibility index (Phi) is 9.67. The summed E-state index contributed by atoms with van der Waals surface area (Å²) < 4.78 is 5.22. The highest BCUT2D eigenvalue weighted by Crippen LogP contribution is 2.54. The minimum Gasteiger partial charge on any atom is -0.310 e. The van der Waals surface area contributed by atoms with E-state index in [4.69, 9.17) is 0 Å². The lowest BCUT2D eigenvalue weighted by Crippen LogP contribution is -2.15. The third-order valence-corrected chi connectivity index (χ3v) is 15.2. The standard InChI is InChI=1S/C69H50N4/c1-5-44(3)40-48(6-2)70(49-27-15-9-16-28-49)52-36-38-54-56-32-20-34-58-64-63(47-25-13-8-14-26-47)69-65(62(46-23-11-7-12-24-46)68(64)72(66(56)58)60(54)42-52)59-35-21-33-57-55-39-37-53(43-61(55)73(69)67(57)59)71(50-29-17-10-18-30-50)51-31-19-22-45(4)41-51/h5-43H,2H2,1,3-4H3/b44-5-,48-40+. The Morgan fingerprint density at radius 1 is 0.425 bits per heavy atom. The van der Waals surface area contributed by atoms with Crippen LogP contribution in [0, 0.1) is 6.92 Å². The van der Waals surface area contributed by atoms with Gasteiger partial charge in [0.2, 0.25) is 0 Å². The van der Waals surface area contributed by atoms with Crippen LogP contribution in [0.15, 0.2) is 254 Å². The number of para-hydroxylation sites is 4. The van der Waals surface area contributed by atoms with Crippen LogP contribution >= 0.6 is 0 Å². The Morgan fingerprint density at radius 2 is 0.877 bits per heavy atom. The molecule has 0 aliphatic heterocycles. The maximum atomic E-state index is 4.35. The number of benzene rings is 10. The van der Waals surface area contributed by atoms with E-state index in [1.807, 2.05) is 6.08 Å². The van der Waals surface area contributed by atoms with Gasteiger partial charge in [0.25, 0.3) is 0 Å². The van der Waals surface area contributed by atoms with Crippen molar-refractivity contribution in [1.29, 1.82) is 0 Å². The molecule has 4 nitrogen and oxygen atoms in total. The first-order valence-corrected chi connectivity index (χ1v) is 25.3. The lowest BCUT2D eigenvalue weighted by Gasteiger charge is -2.26. The maximum Gasteiger partial charge on any atom is 0.0634 e. The Balaban J connectivity index is 1.18. The SMILES string of the molecule is C=C/C(=C\C(C)=C/C)N(c1ccccc1)c1ccc2c3cccc4c5c(-c6ccccc6)c6c(c(-c7ccccc7)c5n(c2c1)c34)c1cccc2c3ccc(N(c4ccccc4)c4cccc(C)c4)cc3n6c21. The number of allylic oxidation sites excluding steroid dienone is 4. The summed E-state index contributed by atoms with van der Waals surface area (Å²) in [4.78, 5) is 4.73. The first-order chi connectivity index (χ1) is 36.0. The quantitative estimate of drug-likeness (QED) is 0.127. The highest BCUT2D eigenvalue weighted by atomic mass is 15.2. The lowest BCUT2D eigenvalue weighted by molar-refractivity contribution is 1.20. The van der Waals surface area contributed by atoms with Gasteiger partial charge in [-0.25, -0.2) is 0 Å². The predicted molar refractivity (Wildman–Crippen MR) is 312 cm³/mol. The maximum absolute atomic E-state index is 4.35. The number of hydrogen-bond donors (Lipinski definition) is 0. The van der Waals surface area contributed by atoms with Gasteiger partial charge >= 0.3 is 0 Å². The van der Waals surface area contributed by atoms with Crippen LogP contribution in [0.2, 0.25) is 0 Å². The third-order valence-electron chi connectivity index (χ3n) is 15.2. The van der Waals surface area contributed by atoms with Crippen LogP contribution in [0.4, 0.5) is 28.4 Å². The Bertz CT molecular complexity index is 4520. The molecule has 0 saturated heterocycles. The van der Waals surface area contributed by atoms with Gasteiger partial charge in [0, 0.05) is 88.4 Å². The van der Waals surface area contributed by atoms with E-state index >= 15 is 0 Å². The molecule has 14 rings (SSSR count). The fraction of sp³-hybridized carbons (Fsp3) is 0.0435. The van der Waals surface area contributed by atoms with Crippen LogP contribution in [-0.4, -0.2) is 8.80 Å². The van der Waals surface area contributed by atoms with Crippen LogP contribution in [0.3, 0.4) is 0 Å². The van der Waals surface area contributed by atoms with E-state index in [0.717, 1.165) is 39.7 Å².